The molecule has 0 aromatic heterocycles. The van der Waals surface area contributed by atoms with Gasteiger partial charge >= 0.3 is 17.9 Å². The third-order valence-electron chi connectivity index (χ3n) is 9.14. The third kappa shape index (κ3) is 1.76. The van der Waals surface area contributed by atoms with Crippen molar-refractivity contribution >= 4 is 17.9 Å². The van der Waals surface area contributed by atoms with Crippen molar-refractivity contribution in [1.29, 1.82) is 0 Å². The lowest BCUT2D eigenvalue weighted by molar-refractivity contribution is -0.173. The van der Waals surface area contributed by atoms with Crippen LogP contribution in [0.15, 0.2) is 0 Å². The van der Waals surface area contributed by atoms with Crippen LogP contribution in [0.2, 0.25) is 0 Å². The summed E-state index contributed by atoms with van der Waals surface area (Å²) in [6.45, 7) is 5.44. The molecule has 27 heavy (non-hydrogen) atoms. The number of carboxylic acids is 1. The Morgan fingerprint density at radius 1 is 1.26 bits per heavy atom. The highest BCUT2D eigenvalue weighted by Gasteiger charge is 2.83. The number of fused-ring (bicyclic) bond motifs is 1. The van der Waals surface area contributed by atoms with Crippen LogP contribution in [-0.2, 0) is 23.9 Å². The Kier molecular flexibility index (Phi) is 3.16. The Labute approximate surface area is 159 Å². The number of carbonyl (C=O) groups is 3. The molecular formula is C21H28O6. The minimum atomic E-state index is -0.814. The summed E-state index contributed by atoms with van der Waals surface area (Å²) in [6, 6.07) is 0. The molecule has 4 aliphatic carbocycles. The van der Waals surface area contributed by atoms with E-state index in [9.17, 15) is 19.5 Å². The Hall–Kier alpha value is -1.59. The number of carboxylic acid groups (broad SMARTS) is 1. The number of aliphatic carboxylic acids is 1. The van der Waals surface area contributed by atoms with Crippen molar-refractivity contribution in [3.63, 3.8) is 0 Å². The Morgan fingerprint density at radius 2 is 2.00 bits per heavy atom. The van der Waals surface area contributed by atoms with Crippen LogP contribution < -0.4 is 0 Å². The van der Waals surface area contributed by atoms with Crippen LogP contribution in [-0.4, -0.2) is 34.2 Å². The molecule has 1 aliphatic heterocycles. The number of hydrogen-bond donors (Lipinski definition) is 1. The molecule has 1 saturated heterocycles. The first-order valence-electron chi connectivity index (χ1n) is 10.3. The van der Waals surface area contributed by atoms with Crippen molar-refractivity contribution in [3.8, 4) is 0 Å². The predicted molar refractivity (Wildman–Crippen MR) is 93.4 cm³/mol. The van der Waals surface area contributed by atoms with E-state index in [-0.39, 0.29) is 29.7 Å². The molecule has 0 unspecified atom stereocenters. The van der Waals surface area contributed by atoms with Crippen molar-refractivity contribution < 1.29 is 29.0 Å². The maximum atomic E-state index is 12.8. The number of ether oxygens (including phenoxy) is 2. The summed E-state index contributed by atoms with van der Waals surface area (Å²) in [5, 5.41) is 10.3. The van der Waals surface area contributed by atoms with Gasteiger partial charge in [0.15, 0.2) is 0 Å². The Morgan fingerprint density at radius 3 is 2.67 bits per heavy atom. The lowest BCUT2D eigenvalue weighted by Gasteiger charge is -2.46. The lowest BCUT2D eigenvalue weighted by atomic mass is 9.60. The number of esters is 2. The highest BCUT2D eigenvalue weighted by Crippen LogP contribution is 2.78. The minimum Gasteiger partial charge on any atom is -0.481 e. The van der Waals surface area contributed by atoms with Gasteiger partial charge in [-0.15, -0.1) is 0 Å². The summed E-state index contributed by atoms with van der Waals surface area (Å²) in [5.74, 6) is -2.02. The Balaban J connectivity index is 1.68. The maximum absolute atomic E-state index is 12.8. The van der Waals surface area contributed by atoms with Crippen LogP contribution in [0, 0.1) is 34.5 Å². The second-order valence-corrected chi connectivity index (χ2v) is 10.2. The van der Waals surface area contributed by atoms with Gasteiger partial charge in [0, 0.05) is 18.8 Å². The average Bonchev–Trinajstić information content (AvgIpc) is 2.96. The van der Waals surface area contributed by atoms with Gasteiger partial charge < -0.3 is 14.6 Å². The first kappa shape index (κ1) is 17.5. The lowest BCUT2D eigenvalue weighted by Crippen LogP contribution is -2.49. The van der Waals surface area contributed by atoms with Gasteiger partial charge in [-0.1, -0.05) is 6.92 Å². The van der Waals surface area contributed by atoms with E-state index in [1.54, 1.807) is 0 Å². The van der Waals surface area contributed by atoms with E-state index in [1.165, 1.54) is 6.92 Å². The van der Waals surface area contributed by atoms with E-state index in [4.69, 9.17) is 9.47 Å². The van der Waals surface area contributed by atoms with Crippen LogP contribution in [0.4, 0.5) is 0 Å². The first-order chi connectivity index (χ1) is 12.6. The number of hydrogen-bond acceptors (Lipinski definition) is 5. The van der Waals surface area contributed by atoms with Gasteiger partial charge in [0.1, 0.15) is 11.2 Å². The summed E-state index contributed by atoms with van der Waals surface area (Å²) in [6.07, 6.45) is 5.19. The molecule has 8 atom stereocenters. The normalized spacial score (nSPS) is 54.9. The number of rotatable bonds is 2. The highest BCUT2D eigenvalue weighted by atomic mass is 16.6. The summed E-state index contributed by atoms with van der Waals surface area (Å²) in [7, 11) is 0. The van der Waals surface area contributed by atoms with Crippen molar-refractivity contribution in [2.24, 2.45) is 34.5 Å². The molecule has 1 N–H and O–H groups in total. The summed E-state index contributed by atoms with van der Waals surface area (Å²) in [5.41, 5.74) is -2.36. The van der Waals surface area contributed by atoms with Crippen LogP contribution in [0.1, 0.15) is 65.7 Å². The standard InChI is InChI=1S/C21H28O6/c1-11-9-19-10-20(11,26-12(2)22)8-5-13(19)21-7-4-6-18(3,17(25)27-21)15(21)14(19)16(23)24/h11,13-15H,4-10H2,1-3H3,(H,23,24)/t11-,13-,14-,15-,18-,19+,20+,21-/m1/s1. The summed E-state index contributed by atoms with van der Waals surface area (Å²) < 4.78 is 12.0. The third-order valence-corrected chi connectivity index (χ3v) is 9.14. The fraction of sp³-hybridized carbons (Fsp3) is 0.857. The maximum Gasteiger partial charge on any atom is 0.312 e. The van der Waals surface area contributed by atoms with Gasteiger partial charge in [-0.3, -0.25) is 14.4 Å². The molecule has 5 fully saturated rings. The van der Waals surface area contributed by atoms with Crippen molar-refractivity contribution in [1.82, 2.24) is 0 Å². The molecule has 0 aromatic rings. The topological polar surface area (TPSA) is 89.9 Å². The zero-order valence-corrected chi connectivity index (χ0v) is 16.2. The quantitative estimate of drug-likeness (QED) is 0.745. The molecule has 5 aliphatic rings. The molecule has 5 rings (SSSR count). The largest absolute Gasteiger partial charge is 0.481 e. The van der Waals surface area contributed by atoms with Crippen LogP contribution in [0.5, 0.6) is 0 Å². The number of carbonyl (C=O) groups excluding carboxylic acids is 2. The molecule has 4 bridgehead atoms. The molecule has 4 saturated carbocycles. The minimum absolute atomic E-state index is 0.0517. The molecule has 6 heteroatoms. The molecular weight excluding hydrogens is 348 g/mol. The first-order valence-corrected chi connectivity index (χ1v) is 10.3. The molecule has 1 heterocycles. The van der Waals surface area contributed by atoms with Gasteiger partial charge in [-0.2, -0.15) is 0 Å². The van der Waals surface area contributed by atoms with Gasteiger partial charge in [0.25, 0.3) is 0 Å². The van der Waals surface area contributed by atoms with Crippen molar-refractivity contribution in [3.05, 3.63) is 0 Å². The average molecular weight is 376 g/mol. The SMILES string of the molecule is CC(=O)O[C@]12CC[C@@H]3[C@](C[C@H]1C)(C2)[C@@H](C(=O)O)[C@H]1[C@@]32CCC[C@@]1(C)C(=O)O2. The molecule has 0 amide bonds. The van der Waals surface area contributed by atoms with Crippen LogP contribution in [0.25, 0.3) is 0 Å². The van der Waals surface area contributed by atoms with Crippen molar-refractivity contribution in [2.75, 3.05) is 0 Å². The molecule has 0 radical (unpaired) electrons. The summed E-state index contributed by atoms with van der Waals surface area (Å²) in [4.78, 5) is 37.2. The molecule has 1 spiro atoms. The van der Waals surface area contributed by atoms with E-state index in [0.29, 0.717) is 12.8 Å². The predicted octanol–water partition coefficient (Wildman–Crippen LogP) is 2.93. The van der Waals surface area contributed by atoms with Gasteiger partial charge in [0.2, 0.25) is 0 Å². The summed E-state index contributed by atoms with van der Waals surface area (Å²) >= 11 is 0. The fourth-order valence-corrected chi connectivity index (χ4v) is 8.54. The van der Waals surface area contributed by atoms with E-state index in [1.807, 2.05) is 6.92 Å². The van der Waals surface area contributed by atoms with Gasteiger partial charge in [0.05, 0.1) is 11.3 Å². The zero-order valence-electron chi connectivity index (χ0n) is 16.2. The van der Waals surface area contributed by atoms with E-state index in [2.05, 4.69) is 6.92 Å². The zero-order chi connectivity index (χ0) is 19.4. The van der Waals surface area contributed by atoms with E-state index < -0.39 is 33.9 Å². The van der Waals surface area contributed by atoms with E-state index in [0.717, 1.165) is 32.1 Å². The molecule has 6 nitrogen and oxygen atoms in total. The van der Waals surface area contributed by atoms with Gasteiger partial charge in [-0.05, 0) is 63.2 Å². The molecule has 148 valence electrons. The van der Waals surface area contributed by atoms with Gasteiger partial charge in [-0.25, -0.2) is 0 Å². The van der Waals surface area contributed by atoms with Crippen molar-refractivity contribution in [2.45, 2.75) is 76.9 Å². The van der Waals surface area contributed by atoms with Crippen LogP contribution >= 0.6 is 0 Å². The van der Waals surface area contributed by atoms with Crippen LogP contribution in [0.3, 0.4) is 0 Å². The van der Waals surface area contributed by atoms with E-state index >= 15 is 0 Å². The smallest absolute Gasteiger partial charge is 0.312 e. The fourth-order valence-electron chi connectivity index (χ4n) is 8.54. The second-order valence-electron chi connectivity index (χ2n) is 10.2. The Bertz CT molecular complexity index is 762. The highest BCUT2D eigenvalue weighted by molar-refractivity contribution is 5.84. The second kappa shape index (κ2) is 4.87. The monoisotopic (exact) mass is 376 g/mol. The molecule has 0 aromatic carbocycles.